The van der Waals surface area contributed by atoms with Gasteiger partial charge in [0, 0.05) is 0 Å². The Labute approximate surface area is 106 Å². The largest absolute Gasteiger partial charge is 0.471 e. The standard InChI is InChI=1S/C10H16F3NO2.C2H6/c1-6(14-8(15)10(11,12)13)9(2,3)16-7-4-5-7;1-2/h6-7H,4-5H2,1-3H3,(H,14,15);1-2H3. The number of halogens is 3. The lowest BCUT2D eigenvalue weighted by atomic mass is 10.0. The highest BCUT2D eigenvalue weighted by molar-refractivity contribution is 5.82. The lowest BCUT2D eigenvalue weighted by molar-refractivity contribution is -0.176. The minimum Gasteiger partial charge on any atom is -0.370 e. The zero-order chi connectivity index (χ0) is 14.6. The van der Waals surface area contributed by atoms with E-state index in [-0.39, 0.29) is 6.10 Å². The van der Waals surface area contributed by atoms with Gasteiger partial charge in [-0.2, -0.15) is 13.2 Å². The van der Waals surface area contributed by atoms with E-state index in [0.717, 1.165) is 12.8 Å². The van der Waals surface area contributed by atoms with Crippen molar-refractivity contribution in [3.05, 3.63) is 0 Å². The Morgan fingerprint density at radius 2 is 1.72 bits per heavy atom. The van der Waals surface area contributed by atoms with E-state index in [2.05, 4.69) is 0 Å². The molecule has 0 aromatic heterocycles. The van der Waals surface area contributed by atoms with Crippen LogP contribution in [0.1, 0.15) is 47.5 Å². The first-order valence-corrected chi connectivity index (χ1v) is 6.18. The summed E-state index contributed by atoms with van der Waals surface area (Å²) >= 11 is 0. The molecule has 0 aromatic carbocycles. The molecule has 18 heavy (non-hydrogen) atoms. The average Bonchev–Trinajstić information content (AvgIpc) is 3.02. The van der Waals surface area contributed by atoms with Gasteiger partial charge in [0.05, 0.1) is 17.7 Å². The summed E-state index contributed by atoms with van der Waals surface area (Å²) < 4.78 is 41.6. The van der Waals surface area contributed by atoms with Crippen LogP contribution >= 0.6 is 0 Å². The Hall–Kier alpha value is -0.780. The van der Waals surface area contributed by atoms with Gasteiger partial charge in [-0.25, -0.2) is 0 Å². The van der Waals surface area contributed by atoms with Crippen LogP contribution in [-0.2, 0) is 9.53 Å². The molecule has 1 fully saturated rings. The van der Waals surface area contributed by atoms with Crippen molar-refractivity contribution in [3.63, 3.8) is 0 Å². The molecule has 3 nitrogen and oxygen atoms in total. The summed E-state index contributed by atoms with van der Waals surface area (Å²) in [5.41, 5.74) is -0.790. The van der Waals surface area contributed by atoms with Gasteiger partial charge in [0.1, 0.15) is 0 Å². The van der Waals surface area contributed by atoms with Crippen molar-refractivity contribution < 1.29 is 22.7 Å². The molecule has 0 spiro atoms. The summed E-state index contributed by atoms with van der Waals surface area (Å²) in [7, 11) is 0. The number of carbonyl (C=O) groups is 1. The van der Waals surface area contributed by atoms with Crippen molar-refractivity contribution in [2.75, 3.05) is 0 Å². The van der Waals surface area contributed by atoms with Gasteiger partial charge in [-0.15, -0.1) is 0 Å². The molecular weight excluding hydrogens is 247 g/mol. The first kappa shape index (κ1) is 17.2. The lowest BCUT2D eigenvalue weighted by Gasteiger charge is -2.32. The van der Waals surface area contributed by atoms with Gasteiger partial charge in [0.2, 0.25) is 0 Å². The quantitative estimate of drug-likeness (QED) is 0.852. The van der Waals surface area contributed by atoms with Crippen molar-refractivity contribution in [1.29, 1.82) is 0 Å². The minimum absolute atomic E-state index is 0.125. The molecule has 0 bridgehead atoms. The van der Waals surface area contributed by atoms with Crippen LogP contribution in [0.4, 0.5) is 13.2 Å². The number of nitrogens with one attached hydrogen (secondary N) is 1. The smallest absolute Gasteiger partial charge is 0.370 e. The summed E-state index contributed by atoms with van der Waals surface area (Å²) in [6.45, 7) is 8.85. The van der Waals surface area contributed by atoms with E-state index in [1.165, 1.54) is 6.92 Å². The van der Waals surface area contributed by atoms with E-state index in [0.29, 0.717) is 0 Å². The third-order valence-corrected chi connectivity index (χ3v) is 2.64. The number of amides is 1. The predicted octanol–water partition coefficient (Wildman–Crippen LogP) is 3.04. The van der Waals surface area contributed by atoms with E-state index in [1.54, 1.807) is 13.8 Å². The number of ether oxygens (including phenoxy) is 1. The average molecular weight is 269 g/mol. The summed E-state index contributed by atoms with van der Waals surface area (Å²) in [5, 5.41) is 1.90. The van der Waals surface area contributed by atoms with E-state index in [9.17, 15) is 18.0 Å². The molecule has 0 saturated heterocycles. The first-order valence-electron chi connectivity index (χ1n) is 6.18. The maximum absolute atomic E-state index is 12.0. The molecule has 0 aliphatic heterocycles. The Balaban J connectivity index is 0.00000137. The van der Waals surface area contributed by atoms with Gasteiger partial charge in [-0.3, -0.25) is 4.79 Å². The molecule has 0 aromatic rings. The van der Waals surface area contributed by atoms with Crippen LogP contribution in [0.2, 0.25) is 0 Å². The molecule has 108 valence electrons. The molecule has 6 heteroatoms. The topological polar surface area (TPSA) is 38.3 Å². The Morgan fingerprint density at radius 1 is 1.28 bits per heavy atom. The second-order valence-corrected chi connectivity index (χ2v) is 4.61. The van der Waals surface area contributed by atoms with Crippen LogP contribution < -0.4 is 5.32 Å². The highest BCUT2D eigenvalue weighted by Gasteiger charge is 2.42. The zero-order valence-corrected chi connectivity index (χ0v) is 11.5. The zero-order valence-electron chi connectivity index (χ0n) is 11.5. The second-order valence-electron chi connectivity index (χ2n) is 4.61. The number of rotatable bonds is 4. The van der Waals surface area contributed by atoms with Crippen molar-refractivity contribution >= 4 is 5.91 Å². The molecule has 1 aliphatic rings. The summed E-state index contributed by atoms with van der Waals surface area (Å²) in [6.07, 6.45) is -2.85. The summed E-state index contributed by atoms with van der Waals surface area (Å²) in [5.74, 6) is -1.92. The fraction of sp³-hybridized carbons (Fsp3) is 0.917. The molecule has 1 amide bonds. The summed E-state index contributed by atoms with van der Waals surface area (Å²) in [4.78, 5) is 10.7. The summed E-state index contributed by atoms with van der Waals surface area (Å²) in [6, 6.07) is -0.692. The number of carbonyl (C=O) groups excluding carboxylic acids is 1. The SMILES string of the molecule is CC.CC(NC(=O)C(F)(F)F)C(C)(C)OC1CC1. The van der Waals surface area contributed by atoms with E-state index < -0.39 is 23.7 Å². The van der Waals surface area contributed by atoms with Crippen LogP contribution in [0.3, 0.4) is 0 Å². The molecule has 1 saturated carbocycles. The van der Waals surface area contributed by atoms with Gasteiger partial charge < -0.3 is 10.1 Å². The minimum atomic E-state index is -4.84. The van der Waals surface area contributed by atoms with Crippen LogP contribution in [0.25, 0.3) is 0 Å². The van der Waals surface area contributed by atoms with E-state index in [4.69, 9.17) is 4.74 Å². The second kappa shape index (κ2) is 6.41. The normalized spacial score (nSPS) is 17.6. The van der Waals surface area contributed by atoms with Crippen LogP contribution in [0.15, 0.2) is 0 Å². The van der Waals surface area contributed by atoms with Gasteiger partial charge in [-0.05, 0) is 33.6 Å². The van der Waals surface area contributed by atoms with Crippen LogP contribution in [-0.4, -0.2) is 29.8 Å². The number of hydrogen-bond acceptors (Lipinski definition) is 2. The van der Waals surface area contributed by atoms with Crippen molar-refractivity contribution in [1.82, 2.24) is 5.32 Å². The maximum Gasteiger partial charge on any atom is 0.471 e. The highest BCUT2D eigenvalue weighted by Crippen LogP contribution is 2.30. The molecule has 0 radical (unpaired) electrons. The van der Waals surface area contributed by atoms with E-state index >= 15 is 0 Å². The van der Waals surface area contributed by atoms with Crippen LogP contribution in [0.5, 0.6) is 0 Å². The monoisotopic (exact) mass is 269 g/mol. The Bertz CT molecular complexity index is 273. The molecule has 1 N–H and O–H groups in total. The highest BCUT2D eigenvalue weighted by atomic mass is 19.4. The predicted molar refractivity (Wildman–Crippen MR) is 63.2 cm³/mol. The maximum atomic E-state index is 12.0. The van der Waals surface area contributed by atoms with Crippen LogP contribution in [0, 0.1) is 0 Å². The van der Waals surface area contributed by atoms with Gasteiger partial charge >= 0.3 is 12.1 Å². The van der Waals surface area contributed by atoms with Gasteiger partial charge in [0.25, 0.3) is 0 Å². The number of alkyl halides is 3. The molecule has 1 rings (SSSR count). The molecular formula is C12H22F3NO2. The fourth-order valence-electron chi connectivity index (χ4n) is 1.17. The van der Waals surface area contributed by atoms with Crippen molar-refractivity contribution in [3.8, 4) is 0 Å². The van der Waals surface area contributed by atoms with Gasteiger partial charge in [-0.1, -0.05) is 13.8 Å². The Kier molecular flexibility index (Phi) is 6.13. The molecule has 1 atom stereocenters. The fourth-order valence-corrected chi connectivity index (χ4v) is 1.17. The molecule has 1 aliphatic carbocycles. The first-order chi connectivity index (χ1) is 8.13. The van der Waals surface area contributed by atoms with E-state index in [1.807, 2.05) is 19.2 Å². The number of hydrogen-bond donors (Lipinski definition) is 1. The Morgan fingerprint density at radius 3 is 2.06 bits per heavy atom. The van der Waals surface area contributed by atoms with Crippen molar-refractivity contribution in [2.45, 2.75) is 71.4 Å². The van der Waals surface area contributed by atoms with Crippen molar-refractivity contribution in [2.24, 2.45) is 0 Å². The van der Waals surface area contributed by atoms with Gasteiger partial charge in [0.15, 0.2) is 0 Å². The third kappa shape index (κ3) is 5.71. The lowest BCUT2D eigenvalue weighted by Crippen LogP contribution is -2.52. The third-order valence-electron chi connectivity index (χ3n) is 2.64. The molecule has 1 unspecified atom stereocenters. The molecule has 0 heterocycles.